The summed E-state index contributed by atoms with van der Waals surface area (Å²) in [7, 11) is 0. The summed E-state index contributed by atoms with van der Waals surface area (Å²) in [6, 6.07) is 15.5. The first-order chi connectivity index (χ1) is 14.3. The molecule has 2 heterocycles. The van der Waals surface area contributed by atoms with Gasteiger partial charge in [-0.15, -0.1) is 0 Å². The number of hydrogen-bond acceptors (Lipinski definition) is 4. The van der Waals surface area contributed by atoms with Crippen molar-refractivity contribution in [2.24, 2.45) is 0 Å². The monoisotopic (exact) mass is 394 g/mol. The van der Waals surface area contributed by atoms with E-state index in [-0.39, 0.29) is 12.0 Å². The number of anilines is 2. The first kappa shape index (κ1) is 19.8. The molecule has 2 aromatic carbocycles. The third kappa shape index (κ3) is 5.30. The van der Waals surface area contributed by atoms with Gasteiger partial charge in [-0.05, 0) is 74.9 Å². The Kier molecular flexibility index (Phi) is 6.67. The van der Waals surface area contributed by atoms with Gasteiger partial charge >= 0.3 is 0 Å². The molecule has 0 aromatic heterocycles. The number of nitrogens with one attached hydrogen (secondary N) is 1. The normalized spacial score (nSPS) is 19.6. The average Bonchev–Trinajstić information content (AvgIpc) is 2.80. The second kappa shape index (κ2) is 9.79. The number of ether oxygens (including phenoxy) is 2. The lowest BCUT2D eigenvalue weighted by atomic mass is 10.1. The highest BCUT2D eigenvalue weighted by Crippen LogP contribution is 2.26. The number of benzene rings is 2. The molecule has 0 unspecified atom stereocenters. The average molecular weight is 395 g/mol. The van der Waals surface area contributed by atoms with Gasteiger partial charge in [-0.3, -0.25) is 4.79 Å². The van der Waals surface area contributed by atoms with Crippen LogP contribution in [0, 0.1) is 0 Å². The van der Waals surface area contributed by atoms with Crippen LogP contribution in [-0.4, -0.2) is 38.3 Å². The van der Waals surface area contributed by atoms with Crippen molar-refractivity contribution in [3.8, 4) is 5.75 Å². The zero-order valence-corrected chi connectivity index (χ0v) is 16.9. The fourth-order valence-electron chi connectivity index (χ4n) is 3.99. The van der Waals surface area contributed by atoms with Crippen molar-refractivity contribution < 1.29 is 14.3 Å². The number of rotatable bonds is 6. The van der Waals surface area contributed by atoms with Gasteiger partial charge in [0.1, 0.15) is 12.4 Å². The Morgan fingerprint density at radius 2 is 1.79 bits per heavy atom. The van der Waals surface area contributed by atoms with Gasteiger partial charge in [0.15, 0.2) is 0 Å². The first-order valence-electron chi connectivity index (χ1n) is 10.8. The number of carbonyl (C=O) groups is 1. The van der Waals surface area contributed by atoms with Crippen LogP contribution in [-0.2, 0) is 4.74 Å². The van der Waals surface area contributed by atoms with E-state index in [1.807, 2.05) is 48.5 Å². The minimum atomic E-state index is -0.125. The number of hydrogen-bond donors (Lipinski definition) is 1. The van der Waals surface area contributed by atoms with E-state index in [0.29, 0.717) is 23.6 Å². The molecule has 2 aromatic rings. The molecule has 29 heavy (non-hydrogen) atoms. The maximum absolute atomic E-state index is 12.8. The Bertz CT molecular complexity index is 794. The molecule has 0 spiro atoms. The SMILES string of the molecule is O=C(Nc1ccccc1OC[C@H]1CCCCO1)c1ccc(N2CCCCC2)cc1. The Morgan fingerprint density at radius 1 is 1.00 bits per heavy atom. The molecule has 0 radical (unpaired) electrons. The van der Waals surface area contributed by atoms with Crippen LogP contribution < -0.4 is 15.0 Å². The van der Waals surface area contributed by atoms with Gasteiger partial charge in [-0.25, -0.2) is 0 Å². The van der Waals surface area contributed by atoms with Crippen LogP contribution in [0.1, 0.15) is 48.9 Å². The molecule has 5 nitrogen and oxygen atoms in total. The van der Waals surface area contributed by atoms with Crippen LogP contribution in [0.5, 0.6) is 5.75 Å². The molecular weight excluding hydrogens is 364 g/mol. The zero-order valence-electron chi connectivity index (χ0n) is 16.9. The molecule has 0 aliphatic carbocycles. The minimum Gasteiger partial charge on any atom is -0.489 e. The van der Waals surface area contributed by atoms with Crippen LogP contribution in [0.4, 0.5) is 11.4 Å². The van der Waals surface area contributed by atoms with Gasteiger partial charge in [0.25, 0.3) is 5.91 Å². The first-order valence-corrected chi connectivity index (χ1v) is 10.8. The highest BCUT2D eigenvalue weighted by molar-refractivity contribution is 6.05. The Hall–Kier alpha value is -2.53. The lowest BCUT2D eigenvalue weighted by molar-refractivity contribution is -0.0109. The molecule has 0 bridgehead atoms. The van der Waals surface area contributed by atoms with Gasteiger partial charge in [0.2, 0.25) is 0 Å². The van der Waals surface area contributed by atoms with Crippen LogP contribution >= 0.6 is 0 Å². The van der Waals surface area contributed by atoms with E-state index >= 15 is 0 Å². The molecule has 2 saturated heterocycles. The summed E-state index contributed by atoms with van der Waals surface area (Å²) in [5.41, 5.74) is 2.53. The molecule has 2 aliphatic rings. The quantitative estimate of drug-likeness (QED) is 0.759. The summed E-state index contributed by atoms with van der Waals surface area (Å²) in [5, 5.41) is 3.00. The highest BCUT2D eigenvalue weighted by Gasteiger charge is 2.16. The summed E-state index contributed by atoms with van der Waals surface area (Å²) in [5.74, 6) is 0.556. The van der Waals surface area contributed by atoms with Crippen molar-refractivity contribution in [3.05, 3.63) is 54.1 Å². The van der Waals surface area contributed by atoms with E-state index in [1.165, 1.54) is 31.4 Å². The Labute approximate surface area is 173 Å². The molecule has 1 N–H and O–H groups in total. The van der Waals surface area contributed by atoms with E-state index in [4.69, 9.17) is 9.47 Å². The highest BCUT2D eigenvalue weighted by atomic mass is 16.5. The van der Waals surface area contributed by atoms with Gasteiger partial charge in [0.05, 0.1) is 11.8 Å². The molecule has 1 atom stereocenters. The van der Waals surface area contributed by atoms with E-state index < -0.39 is 0 Å². The number of carbonyl (C=O) groups excluding carboxylic acids is 1. The summed E-state index contributed by atoms with van der Waals surface area (Å²) in [6.45, 7) is 3.51. The molecule has 154 valence electrons. The maximum Gasteiger partial charge on any atom is 0.255 e. The predicted octanol–water partition coefficient (Wildman–Crippen LogP) is 4.88. The number of nitrogens with zero attached hydrogens (tertiary/aromatic N) is 1. The Balaban J connectivity index is 1.37. The second-order valence-corrected chi connectivity index (χ2v) is 7.84. The molecule has 5 heteroatoms. The van der Waals surface area contributed by atoms with Crippen molar-refractivity contribution in [2.75, 3.05) is 36.5 Å². The van der Waals surface area contributed by atoms with Crippen LogP contribution in [0.15, 0.2) is 48.5 Å². The summed E-state index contributed by atoms with van der Waals surface area (Å²) in [6.07, 6.45) is 7.26. The lowest BCUT2D eigenvalue weighted by Gasteiger charge is -2.28. The molecule has 2 fully saturated rings. The van der Waals surface area contributed by atoms with Crippen molar-refractivity contribution in [1.82, 2.24) is 0 Å². The summed E-state index contributed by atoms with van der Waals surface area (Å²) < 4.78 is 11.7. The molecule has 1 amide bonds. The number of piperidine rings is 1. The van der Waals surface area contributed by atoms with Crippen molar-refractivity contribution in [1.29, 1.82) is 0 Å². The van der Waals surface area contributed by atoms with Crippen LogP contribution in [0.2, 0.25) is 0 Å². The Morgan fingerprint density at radius 3 is 2.55 bits per heavy atom. The minimum absolute atomic E-state index is 0.125. The van der Waals surface area contributed by atoms with Gasteiger partial charge in [-0.2, -0.15) is 0 Å². The number of amides is 1. The third-order valence-corrected chi connectivity index (χ3v) is 5.68. The topological polar surface area (TPSA) is 50.8 Å². The van der Waals surface area contributed by atoms with Crippen molar-refractivity contribution >= 4 is 17.3 Å². The summed E-state index contributed by atoms with van der Waals surface area (Å²) in [4.78, 5) is 15.1. The van der Waals surface area contributed by atoms with E-state index in [1.54, 1.807) is 0 Å². The van der Waals surface area contributed by atoms with Crippen LogP contribution in [0.3, 0.4) is 0 Å². The van der Waals surface area contributed by atoms with Gasteiger partial charge < -0.3 is 19.7 Å². The van der Waals surface area contributed by atoms with E-state index in [0.717, 1.165) is 32.5 Å². The fraction of sp³-hybridized carbons (Fsp3) is 0.458. The smallest absolute Gasteiger partial charge is 0.255 e. The van der Waals surface area contributed by atoms with Crippen molar-refractivity contribution in [2.45, 2.75) is 44.6 Å². The lowest BCUT2D eigenvalue weighted by Crippen LogP contribution is -2.29. The van der Waals surface area contributed by atoms with Crippen LogP contribution in [0.25, 0.3) is 0 Å². The molecule has 2 aliphatic heterocycles. The van der Waals surface area contributed by atoms with Gasteiger partial charge in [-0.1, -0.05) is 12.1 Å². The maximum atomic E-state index is 12.8. The fourth-order valence-corrected chi connectivity index (χ4v) is 3.99. The van der Waals surface area contributed by atoms with Crippen molar-refractivity contribution in [3.63, 3.8) is 0 Å². The number of para-hydroxylation sites is 2. The predicted molar refractivity (Wildman–Crippen MR) is 116 cm³/mol. The zero-order chi connectivity index (χ0) is 19.9. The van der Waals surface area contributed by atoms with E-state index in [9.17, 15) is 4.79 Å². The molecular formula is C24H30N2O3. The van der Waals surface area contributed by atoms with E-state index in [2.05, 4.69) is 10.2 Å². The molecule has 0 saturated carbocycles. The van der Waals surface area contributed by atoms with Gasteiger partial charge in [0, 0.05) is 30.9 Å². The molecule has 4 rings (SSSR count). The second-order valence-electron chi connectivity index (χ2n) is 7.84. The summed E-state index contributed by atoms with van der Waals surface area (Å²) >= 11 is 0. The third-order valence-electron chi connectivity index (χ3n) is 5.68. The standard InChI is InChI=1S/C24H30N2O3/c27-24(19-11-13-20(14-12-19)26-15-5-1-6-16-26)25-22-9-2-3-10-23(22)29-18-21-8-4-7-17-28-21/h2-3,9-14,21H,1,4-8,15-18H2,(H,25,27)/t21-/m1/s1. The largest absolute Gasteiger partial charge is 0.489 e.